The molecule has 0 atom stereocenters. The first-order valence-corrected chi connectivity index (χ1v) is 10.4. The van der Waals surface area contributed by atoms with Gasteiger partial charge in [-0.1, -0.05) is 24.3 Å². The lowest BCUT2D eigenvalue weighted by molar-refractivity contribution is -0.139. The zero-order valence-corrected chi connectivity index (χ0v) is 17.9. The number of fused-ring (bicyclic) bond motifs is 1. The van der Waals surface area contributed by atoms with Crippen LogP contribution in [0.4, 0.5) is 0 Å². The zero-order chi connectivity index (χ0) is 21.6. The highest BCUT2D eigenvalue weighted by atomic mass is 32.1. The molecule has 2 aromatic heterocycles. The third-order valence-electron chi connectivity index (χ3n) is 4.61. The van der Waals surface area contributed by atoms with Gasteiger partial charge < -0.3 is 14.2 Å². The van der Waals surface area contributed by atoms with Gasteiger partial charge in [-0.25, -0.2) is 9.78 Å². The van der Waals surface area contributed by atoms with E-state index in [0.29, 0.717) is 17.2 Å². The Morgan fingerprint density at radius 1 is 1.06 bits per heavy atom. The van der Waals surface area contributed by atoms with Crippen LogP contribution in [0.3, 0.4) is 0 Å². The van der Waals surface area contributed by atoms with Crippen molar-refractivity contribution in [2.45, 2.75) is 6.61 Å². The number of carbonyl (C=O) groups excluding carboxylic acids is 1. The summed E-state index contributed by atoms with van der Waals surface area (Å²) in [7, 11) is 3.19. The van der Waals surface area contributed by atoms with E-state index < -0.39 is 5.97 Å². The second-order valence-electron chi connectivity index (χ2n) is 6.58. The average Bonchev–Trinajstić information content (AvgIpc) is 3.30. The maximum absolute atomic E-state index is 12.2. The molecule has 0 fully saturated rings. The molecule has 4 rings (SSSR count). The van der Waals surface area contributed by atoms with Gasteiger partial charge in [0.25, 0.3) is 0 Å². The molecule has 0 amide bonds. The molecule has 4 aromatic rings. The van der Waals surface area contributed by atoms with E-state index in [1.807, 2.05) is 53.9 Å². The summed E-state index contributed by atoms with van der Waals surface area (Å²) in [5, 5.41) is 3.70. The minimum Gasteiger partial charge on any atom is -0.493 e. The van der Waals surface area contributed by atoms with E-state index in [-0.39, 0.29) is 6.61 Å². The Kier molecular flexibility index (Phi) is 6.24. The normalized spacial score (nSPS) is 11.0. The summed E-state index contributed by atoms with van der Waals surface area (Å²) in [5.41, 5.74) is 3.29. The van der Waals surface area contributed by atoms with Crippen molar-refractivity contribution in [3.05, 3.63) is 77.4 Å². The topological polar surface area (TPSA) is 70.5 Å². The first-order valence-electron chi connectivity index (χ1n) is 9.53. The van der Waals surface area contributed by atoms with E-state index in [1.54, 1.807) is 26.5 Å². The van der Waals surface area contributed by atoms with Gasteiger partial charge in [-0.3, -0.25) is 4.98 Å². The Morgan fingerprint density at radius 3 is 2.74 bits per heavy atom. The monoisotopic (exact) mass is 432 g/mol. The van der Waals surface area contributed by atoms with Crippen LogP contribution in [0.1, 0.15) is 11.3 Å². The van der Waals surface area contributed by atoms with Crippen molar-refractivity contribution >= 4 is 34.3 Å². The van der Waals surface area contributed by atoms with Crippen molar-refractivity contribution in [2.24, 2.45) is 0 Å². The molecule has 0 aliphatic heterocycles. The van der Waals surface area contributed by atoms with Crippen LogP contribution in [-0.2, 0) is 16.1 Å². The number of aromatic nitrogens is 2. The molecule has 2 heterocycles. The van der Waals surface area contributed by atoms with Crippen molar-refractivity contribution in [3.63, 3.8) is 0 Å². The van der Waals surface area contributed by atoms with Gasteiger partial charge in [-0.2, -0.15) is 0 Å². The number of para-hydroxylation sites is 1. The lowest BCUT2D eigenvalue weighted by Crippen LogP contribution is -2.01. The maximum atomic E-state index is 12.2. The Labute approximate surface area is 183 Å². The molecule has 0 saturated carbocycles. The molecule has 0 N–H and O–H groups in total. The molecule has 0 aliphatic rings. The fourth-order valence-corrected chi connectivity index (χ4v) is 3.89. The van der Waals surface area contributed by atoms with Gasteiger partial charge in [-0.05, 0) is 30.3 Å². The van der Waals surface area contributed by atoms with E-state index in [1.165, 1.54) is 17.4 Å². The summed E-state index contributed by atoms with van der Waals surface area (Å²) in [5.74, 6) is 0.856. The molecule has 7 heteroatoms. The van der Waals surface area contributed by atoms with Gasteiger partial charge in [0.15, 0.2) is 11.5 Å². The van der Waals surface area contributed by atoms with Crippen LogP contribution >= 0.6 is 11.3 Å². The molecule has 0 bridgehead atoms. The molecule has 31 heavy (non-hydrogen) atoms. The summed E-state index contributed by atoms with van der Waals surface area (Å²) < 4.78 is 16.0. The predicted molar refractivity (Wildman–Crippen MR) is 121 cm³/mol. The van der Waals surface area contributed by atoms with Crippen molar-refractivity contribution in [1.82, 2.24) is 9.97 Å². The summed E-state index contributed by atoms with van der Waals surface area (Å²) >= 11 is 1.47. The minimum atomic E-state index is -0.436. The second-order valence-corrected chi connectivity index (χ2v) is 7.44. The average molecular weight is 433 g/mol. The lowest BCUT2D eigenvalue weighted by atomic mass is 10.1. The molecular formula is C24H20N2O4S. The van der Waals surface area contributed by atoms with Crippen LogP contribution in [0.15, 0.2) is 66.2 Å². The molecule has 0 aliphatic carbocycles. The van der Waals surface area contributed by atoms with E-state index in [0.717, 1.165) is 27.0 Å². The molecule has 0 radical (unpaired) electrons. The van der Waals surface area contributed by atoms with Crippen LogP contribution in [0, 0.1) is 0 Å². The molecule has 156 valence electrons. The number of ether oxygens (including phenoxy) is 3. The van der Waals surface area contributed by atoms with E-state index in [2.05, 4.69) is 9.97 Å². The zero-order valence-electron chi connectivity index (χ0n) is 17.1. The smallest absolute Gasteiger partial charge is 0.331 e. The van der Waals surface area contributed by atoms with Crippen molar-refractivity contribution in [1.29, 1.82) is 0 Å². The van der Waals surface area contributed by atoms with Gasteiger partial charge in [0, 0.05) is 34.2 Å². The number of benzene rings is 2. The van der Waals surface area contributed by atoms with Crippen LogP contribution in [-0.4, -0.2) is 30.2 Å². The largest absolute Gasteiger partial charge is 0.493 e. The van der Waals surface area contributed by atoms with E-state index in [9.17, 15) is 4.79 Å². The standard InChI is InChI=1S/C24H20N2O4S/c1-28-20-10-8-18(13-21(20)29-2)24-26-19(15-31-24)14-30-22(27)11-9-17-6-3-5-16-7-4-12-25-23(16)17/h3-13,15H,14H2,1-2H3/b11-9+. The highest BCUT2D eigenvalue weighted by Crippen LogP contribution is 2.33. The summed E-state index contributed by atoms with van der Waals surface area (Å²) in [6.07, 6.45) is 4.86. The number of methoxy groups -OCH3 is 2. The molecule has 6 nitrogen and oxygen atoms in total. The number of hydrogen-bond acceptors (Lipinski definition) is 7. The molecule has 0 saturated heterocycles. The highest BCUT2D eigenvalue weighted by Gasteiger charge is 2.10. The van der Waals surface area contributed by atoms with Gasteiger partial charge in [-0.15, -0.1) is 11.3 Å². The highest BCUT2D eigenvalue weighted by molar-refractivity contribution is 7.13. The molecule has 0 spiro atoms. The Hall–Kier alpha value is -3.71. The van der Waals surface area contributed by atoms with Gasteiger partial charge in [0.2, 0.25) is 0 Å². The van der Waals surface area contributed by atoms with Gasteiger partial charge in [0.1, 0.15) is 11.6 Å². The fraction of sp³-hybridized carbons (Fsp3) is 0.125. The Balaban J connectivity index is 1.40. The maximum Gasteiger partial charge on any atom is 0.331 e. The Morgan fingerprint density at radius 2 is 1.90 bits per heavy atom. The van der Waals surface area contributed by atoms with Crippen LogP contribution < -0.4 is 9.47 Å². The lowest BCUT2D eigenvalue weighted by Gasteiger charge is -2.08. The third kappa shape index (κ3) is 4.73. The second kappa shape index (κ2) is 9.40. The first kappa shape index (κ1) is 20.6. The summed E-state index contributed by atoms with van der Waals surface area (Å²) in [6, 6.07) is 15.3. The third-order valence-corrected chi connectivity index (χ3v) is 5.55. The predicted octanol–water partition coefficient (Wildman–Crippen LogP) is 5.13. The SMILES string of the molecule is COc1ccc(-c2nc(COC(=O)/C=C/c3cccc4cccnc34)cs2)cc1OC. The minimum absolute atomic E-state index is 0.0980. The molecular weight excluding hydrogens is 412 g/mol. The van der Waals surface area contributed by atoms with Crippen LogP contribution in [0.25, 0.3) is 27.6 Å². The Bertz CT molecular complexity index is 1240. The number of nitrogens with zero attached hydrogens (tertiary/aromatic N) is 2. The number of rotatable bonds is 7. The van der Waals surface area contributed by atoms with Crippen LogP contribution in [0.2, 0.25) is 0 Å². The number of thiazole rings is 1. The van der Waals surface area contributed by atoms with Crippen molar-refractivity contribution < 1.29 is 19.0 Å². The van der Waals surface area contributed by atoms with Gasteiger partial charge >= 0.3 is 5.97 Å². The number of hydrogen-bond donors (Lipinski definition) is 0. The van der Waals surface area contributed by atoms with E-state index in [4.69, 9.17) is 14.2 Å². The first-order chi connectivity index (χ1) is 15.2. The number of esters is 1. The number of pyridine rings is 1. The molecule has 2 aromatic carbocycles. The number of carbonyl (C=O) groups is 1. The fourth-order valence-electron chi connectivity index (χ4n) is 3.09. The van der Waals surface area contributed by atoms with Crippen molar-refractivity contribution in [3.8, 4) is 22.1 Å². The van der Waals surface area contributed by atoms with Gasteiger partial charge in [0.05, 0.1) is 25.4 Å². The summed E-state index contributed by atoms with van der Waals surface area (Å²) in [6.45, 7) is 0.0980. The van der Waals surface area contributed by atoms with E-state index >= 15 is 0 Å². The molecule has 0 unspecified atom stereocenters. The van der Waals surface area contributed by atoms with Crippen molar-refractivity contribution in [2.75, 3.05) is 14.2 Å². The van der Waals surface area contributed by atoms with Crippen LogP contribution in [0.5, 0.6) is 11.5 Å². The quantitative estimate of drug-likeness (QED) is 0.298. The summed E-state index contributed by atoms with van der Waals surface area (Å²) in [4.78, 5) is 21.1.